The number of nitrogens with one attached hydrogen (secondary N) is 1. The van der Waals surface area contributed by atoms with E-state index in [4.69, 9.17) is 32.7 Å². The number of ether oxygens (including phenoxy) is 2. The number of anilines is 1. The first-order chi connectivity index (χ1) is 9.75. The summed E-state index contributed by atoms with van der Waals surface area (Å²) in [4.78, 5) is 13.6. The van der Waals surface area contributed by atoms with Crippen LogP contribution in [-0.2, 0) is 9.47 Å². The molecule has 0 saturated carbocycles. The molecule has 0 amide bonds. The molecule has 1 N–H and O–H groups in total. The molecule has 7 nitrogen and oxygen atoms in total. The molecule has 2 fully saturated rings. The highest BCUT2D eigenvalue weighted by molar-refractivity contribution is 6.31. The minimum Gasteiger partial charge on any atom is -0.379 e. The quantitative estimate of drug-likeness (QED) is 0.812. The maximum Gasteiger partial charge on any atom is 0.231 e. The Morgan fingerprint density at radius 3 is 1.85 bits per heavy atom. The molecule has 20 heavy (non-hydrogen) atoms. The van der Waals surface area contributed by atoms with Gasteiger partial charge in [-0.1, -0.05) is 0 Å². The van der Waals surface area contributed by atoms with Gasteiger partial charge in [0.05, 0.1) is 26.4 Å². The van der Waals surface area contributed by atoms with Crippen LogP contribution in [0.15, 0.2) is 0 Å². The van der Waals surface area contributed by atoms with Gasteiger partial charge in [0.2, 0.25) is 16.5 Å². The fourth-order valence-electron chi connectivity index (χ4n) is 1.74. The maximum absolute atomic E-state index is 5.66. The van der Waals surface area contributed by atoms with Crippen molar-refractivity contribution in [3.63, 3.8) is 0 Å². The van der Waals surface area contributed by atoms with Gasteiger partial charge >= 0.3 is 0 Å². The number of hydrogen-bond acceptors (Lipinski definition) is 7. The second-order valence-corrected chi connectivity index (χ2v) is 4.81. The Kier molecular flexibility index (Phi) is 6.68. The smallest absolute Gasteiger partial charge is 0.231 e. The monoisotopic (exact) mass is 321 g/mol. The van der Waals surface area contributed by atoms with Crippen molar-refractivity contribution in [2.45, 2.75) is 0 Å². The van der Waals surface area contributed by atoms with Gasteiger partial charge in [0, 0.05) is 26.2 Å². The Bertz CT molecular complexity index is 382. The largest absolute Gasteiger partial charge is 0.379 e. The Morgan fingerprint density at radius 1 is 0.850 bits per heavy atom. The minimum absolute atomic E-state index is 0.117. The van der Waals surface area contributed by atoms with Gasteiger partial charge in [-0.05, 0) is 23.2 Å². The second kappa shape index (κ2) is 8.53. The van der Waals surface area contributed by atoms with Crippen LogP contribution in [0, 0.1) is 0 Å². The highest BCUT2D eigenvalue weighted by atomic mass is 35.5. The second-order valence-electron chi connectivity index (χ2n) is 4.14. The van der Waals surface area contributed by atoms with Gasteiger partial charge < -0.3 is 19.7 Å². The highest BCUT2D eigenvalue weighted by Crippen LogP contribution is 2.14. The molecule has 1 aromatic heterocycles. The van der Waals surface area contributed by atoms with Crippen molar-refractivity contribution in [2.24, 2.45) is 0 Å². The van der Waals surface area contributed by atoms with Crippen LogP contribution in [0.1, 0.15) is 0 Å². The number of rotatable bonds is 1. The molecule has 0 atom stereocenters. The van der Waals surface area contributed by atoms with Gasteiger partial charge in [-0.3, -0.25) is 0 Å². The standard InChI is InChI=1S/C7H8Cl2N4O.C4H9NO/c8-5-10-6(9)12-7(11-5)13-1-3-14-4-2-13;1-3-6-4-2-5-1/h1-4H2;5H,1-4H2. The molecule has 0 bridgehead atoms. The lowest BCUT2D eigenvalue weighted by molar-refractivity contribution is 0.109. The van der Waals surface area contributed by atoms with Crippen LogP contribution in [0.4, 0.5) is 5.95 Å². The maximum atomic E-state index is 5.66. The molecule has 2 aliphatic heterocycles. The lowest BCUT2D eigenvalue weighted by Gasteiger charge is -2.26. The summed E-state index contributed by atoms with van der Waals surface area (Å²) >= 11 is 11.3. The lowest BCUT2D eigenvalue weighted by atomic mass is 10.4. The van der Waals surface area contributed by atoms with E-state index in [0.29, 0.717) is 19.2 Å². The molecule has 0 aliphatic carbocycles. The summed E-state index contributed by atoms with van der Waals surface area (Å²) in [5.74, 6) is 0.512. The summed E-state index contributed by atoms with van der Waals surface area (Å²) in [6.07, 6.45) is 0. The van der Waals surface area contributed by atoms with Crippen LogP contribution >= 0.6 is 23.2 Å². The topological polar surface area (TPSA) is 72.4 Å². The van der Waals surface area contributed by atoms with Crippen molar-refractivity contribution in [1.29, 1.82) is 0 Å². The van der Waals surface area contributed by atoms with Gasteiger partial charge in [0.1, 0.15) is 0 Å². The van der Waals surface area contributed by atoms with Gasteiger partial charge in [-0.2, -0.15) is 15.0 Å². The third kappa shape index (κ3) is 5.34. The molecule has 9 heteroatoms. The summed E-state index contributed by atoms with van der Waals surface area (Å²) in [5.41, 5.74) is 0. The molecule has 112 valence electrons. The van der Waals surface area contributed by atoms with E-state index >= 15 is 0 Å². The van der Waals surface area contributed by atoms with E-state index in [1.165, 1.54) is 0 Å². The molecular formula is C11H17Cl2N5O2. The fourth-order valence-corrected chi connectivity index (χ4v) is 2.09. The summed E-state index contributed by atoms with van der Waals surface area (Å²) in [6, 6.07) is 0. The van der Waals surface area contributed by atoms with Crippen molar-refractivity contribution in [2.75, 3.05) is 57.5 Å². The van der Waals surface area contributed by atoms with Crippen LogP contribution < -0.4 is 10.2 Å². The average Bonchev–Trinajstić information content (AvgIpc) is 2.50. The first-order valence-corrected chi connectivity index (χ1v) is 7.19. The Morgan fingerprint density at radius 2 is 1.40 bits per heavy atom. The van der Waals surface area contributed by atoms with Gasteiger partial charge in [-0.15, -0.1) is 0 Å². The van der Waals surface area contributed by atoms with E-state index in [9.17, 15) is 0 Å². The van der Waals surface area contributed by atoms with Crippen LogP contribution in [0.2, 0.25) is 10.6 Å². The van der Waals surface area contributed by atoms with E-state index in [1.54, 1.807) is 0 Å². The third-order valence-electron chi connectivity index (χ3n) is 2.71. The number of hydrogen-bond donors (Lipinski definition) is 1. The van der Waals surface area contributed by atoms with Crippen LogP contribution in [-0.4, -0.2) is 67.6 Å². The first kappa shape index (κ1) is 15.7. The van der Waals surface area contributed by atoms with Crippen molar-refractivity contribution in [1.82, 2.24) is 20.3 Å². The van der Waals surface area contributed by atoms with Crippen LogP contribution in [0.25, 0.3) is 0 Å². The Hall–Kier alpha value is -0.730. The molecule has 2 aliphatic rings. The normalized spacial score (nSPS) is 19.2. The van der Waals surface area contributed by atoms with Crippen molar-refractivity contribution >= 4 is 29.2 Å². The molecule has 1 aromatic rings. The molecule has 0 unspecified atom stereocenters. The zero-order valence-corrected chi connectivity index (χ0v) is 12.5. The predicted molar refractivity (Wildman–Crippen MR) is 76.6 cm³/mol. The SMILES string of the molecule is C1COCCN1.Clc1nc(Cl)nc(N2CCOCC2)n1. The molecule has 0 aromatic carbocycles. The molecule has 0 radical (unpaired) electrons. The zero-order valence-electron chi connectivity index (χ0n) is 11.0. The van der Waals surface area contributed by atoms with Gasteiger partial charge in [-0.25, -0.2) is 0 Å². The van der Waals surface area contributed by atoms with E-state index < -0.39 is 0 Å². The molecule has 0 spiro atoms. The van der Waals surface area contributed by atoms with E-state index in [0.717, 1.165) is 39.4 Å². The molecule has 2 saturated heterocycles. The average molecular weight is 322 g/mol. The third-order valence-corrected chi connectivity index (χ3v) is 3.05. The number of morpholine rings is 2. The van der Waals surface area contributed by atoms with Gasteiger partial charge in [0.15, 0.2) is 0 Å². The van der Waals surface area contributed by atoms with Crippen molar-refractivity contribution < 1.29 is 9.47 Å². The van der Waals surface area contributed by atoms with Crippen LogP contribution in [0.5, 0.6) is 0 Å². The van der Waals surface area contributed by atoms with E-state index in [1.807, 2.05) is 4.90 Å². The minimum atomic E-state index is 0.117. The predicted octanol–water partition coefficient (Wildman–Crippen LogP) is 0.621. The summed E-state index contributed by atoms with van der Waals surface area (Å²) in [7, 11) is 0. The van der Waals surface area contributed by atoms with Gasteiger partial charge in [0.25, 0.3) is 0 Å². The zero-order chi connectivity index (χ0) is 14.2. The molecular weight excluding hydrogens is 305 g/mol. The number of halogens is 2. The van der Waals surface area contributed by atoms with E-state index in [-0.39, 0.29) is 10.6 Å². The lowest BCUT2D eigenvalue weighted by Crippen LogP contribution is -2.37. The Balaban J connectivity index is 0.000000205. The summed E-state index contributed by atoms with van der Waals surface area (Å²) in [6.45, 7) is 6.66. The molecule has 3 heterocycles. The molecule has 3 rings (SSSR count). The van der Waals surface area contributed by atoms with Crippen molar-refractivity contribution in [3.05, 3.63) is 10.6 Å². The highest BCUT2D eigenvalue weighted by Gasteiger charge is 2.15. The number of nitrogens with zero attached hydrogens (tertiary/aromatic N) is 4. The van der Waals surface area contributed by atoms with E-state index in [2.05, 4.69) is 20.3 Å². The van der Waals surface area contributed by atoms with Crippen molar-refractivity contribution in [3.8, 4) is 0 Å². The Labute approximate surface area is 127 Å². The summed E-state index contributed by atoms with van der Waals surface area (Å²) in [5, 5.41) is 3.39. The van der Waals surface area contributed by atoms with Crippen LogP contribution in [0.3, 0.4) is 0 Å². The first-order valence-electron chi connectivity index (χ1n) is 6.44. The number of aromatic nitrogens is 3. The fraction of sp³-hybridized carbons (Fsp3) is 0.727. The summed E-state index contributed by atoms with van der Waals surface area (Å²) < 4.78 is 10.2.